The lowest BCUT2D eigenvalue weighted by molar-refractivity contribution is -0.137. The molecule has 1 aromatic heterocycles. The highest BCUT2D eigenvalue weighted by Gasteiger charge is 2.37. The van der Waals surface area contributed by atoms with Crippen LogP contribution in [0.1, 0.15) is 6.42 Å². The lowest BCUT2D eigenvalue weighted by atomic mass is 10.2. The molecule has 1 saturated heterocycles. The van der Waals surface area contributed by atoms with Crippen LogP contribution in [0, 0.1) is 0 Å². The monoisotopic (exact) mass is 254 g/mol. The van der Waals surface area contributed by atoms with Crippen LogP contribution in [0.2, 0.25) is 0 Å². The van der Waals surface area contributed by atoms with Gasteiger partial charge >= 0.3 is 0 Å². The molecule has 2 aliphatic heterocycles. The summed E-state index contributed by atoms with van der Waals surface area (Å²) in [5.74, 6) is 2.12. The standard InChI is InChI=1S/C9H10N4OS2/c14-8-1-9-13(8)3-6(5-16-9)4-15-7-2-10-12-11-7/h2-3,9H,1,4-5H2,(H,10,11,12)/t9-/m0/s1. The zero-order chi connectivity index (χ0) is 11.0. The highest BCUT2D eigenvalue weighted by atomic mass is 32.2. The van der Waals surface area contributed by atoms with Gasteiger partial charge in [-0.1, -0.05) is 11.8 Å². The van der Waals surface area contributed by atoms with E-state index in [4.69, 9.17) is 0 Å². The Morgan fingerprint density at radius 2 is 2.62 bits per heavy atom. The first kappa shape index (κ1) is 10.2. The Hall–Kier alpha value is -0.950. The summed E-state index contributed by atoms with van der Waals surface area (Å²) in [7, 11) is 0. The molecule has 16 heavy (non-hydrogen) atoms. The number of carbonyl (C=O) groups excluding carboxylic acids is 1. The zero-order valence-electron chi connectivity index (χ0n) is 8.42. The Morgan fingerprint density at radius 1 is 1.69 bits per heavy atom. The molecule has 1 atom stereocenters. The molecule has 0 saturated carbocycles. The molecule has 0 radical (unpaired) electrons. The Morgan fingerprint density at radius 3 is 3.38 bits per heavy atom. The van der Waals surface area contributed by atoms with Gasteiger partial charge in [-0.15, -0.1) is 16.9 Å². The number of aromatic nitrogens is 3. The van der Waals surface area contributed by atoms with Crippen LogP contribution >= 0.6 is 23.5 Å². The number of H-pyrrole nitrogens is 1. The Balaban J connectivity index is 1.61. The fourth-order valence-electron chi connectivity index (χ4n) is 1.64. The SMILES string of the molecule is O=C1C[C@@H]2SCC(CSc3cn[nH]n3)=CN12. The molecule has 84 valence electrons. The predicted molar refractivity (Wildman–Crippen MR) is 62.9 cm³/mol. The highest BCUT2D eigenvalue weighted by Crippen LogP contribution is 2.36. The number of nitrogens with one attached hydrogen (secondary N) is 1. The van der Waals surface area contributed by atoms with E-state index in [1.807, 2.05) is 22.9 Å². The van der Waals surface area contributed by atoms with Gasteiger partial charge in [0.15, 0.2) is 0 Å². The molecule has 0 unspecified atom stereocenters. The van der Waals surface area contributed by atoms with E-state index in [0.29, 0.717) is 11.8 Å². The minimum atomic E-state index is 0.237. The number of aromatic amines is 1. The van der Waals surface area contributed by atoms with Crippen LogP contribution in [0.3, 0.4) is 0 Å². The maximum absolute atomic E-state index is 11.3. The van der Waals surface area contributed by atoms with E-state index < -0.39 is 0 Å². The van der Waals surface area contributed by atoms with Crippen molar-refractivity contribution >= 4 is 29.4 Å². The molecule has 7 heteroatoms. The van der Waals surface area contributed by atoms with E-state index >= 15 is 0 Å². The summed E-state index contributed by atoms with van der Waals surface area (Å²) in [6.45, 7) is 0. The molecule has 0 aliphatic carbocycles. The third-order valence-electron chi connectivity index (χ3n) is 2.53. The first-order chi connectivity index (χ1) is 7.83. The molecule has 2 aliphatic rings. The number of hydrogen-bond donors (Lipinski definition) is 1. The first-order valence-electron chi connectivity index (χ1n) is 4.94. The normalized spacial score (nSPS) is 23.8. The Labute approximate surface area is 101 Å². The number of hydrogen-bond acceptors (Lipinski definition) is 5. The maximum atomic E-state index is 11.3. The molecule has 1 fully saturated rings. The summed E-state index contributed by atoms with van der Waals surface area (Å²) in [6.07, 6.45) is 4.41. The molecule has 5 nitrogen and oxygen atoms in total. The minimum absolute atomic E-state index is 0.237. The summed E-state index contributed by atoms with van der Waals surface area (Å²) in [6, 6.07) is 0. The second-order valence-electron chi connectivity index (χ2n) is 3.66. The third-order valence-corrected chi connectivity index (χ3v) is 4.85. The number of fused-ring (bicyclic) bond motifs is 1. The highest BCUT2D eigenvalue weighted by molar-refractivity contribution is 8.01. The van der Waals surface area contributed by atoms with Gasteiger partial charge in [0.1, 0.15) is 5.03 Å². The minimum Gasteiger partial charge on any atom is -0.306 e. The number of thioether (sulfide) groups is 2. The zero-order valence-corrected chi connectivity index (χ0v) is 10.1. The molecule has 1 N–H and O–H groups in total. The van der Waals surface area contributed by atoms with E-state index in [9.17, 15) is 4.79 Å². The summed E-state index contributed by atoms with van der Waals surface area (Å²) in [4.78, 5) is 13.1. The molecule has 1 aromatic rings. The number of nitrogens with zero attached hydrogens (tertiary/aromatic N) is 3. The summed E-state index contributed by atoms with van der Waals surface area (Å²) >= 11 is 3.48. The van der Waals surface area contributed by atoms with Gasteiger partial charge < -0.3 is 4.90 Å². The molecule has 0 bridgehead atoms. The molecule has 0 aromatic carbocycles. The Bertz CT molecular complexity index is 431. The van der Waals surface area contributed by atoms with Gasteiger partial charge in [0.25, 0.3) is 0 Å². The van der Waals surface area contributed by atoms with Gasteiger partial charge in [0.05, 0.1) is 18.0 Å². The molecule has 1 amide bonds. The van der Waals surface area contributed by atoms with Crippen molar-refractivity contribution in [2.45, 2.75) is 16.8 Å². The topological polar surface area (TPSA) is 61.9 Å². The molecular weight excluding hydrogens is 244 g/mol. The fourth-order valence-corrected chi connectivity index (χ4v) is 3.69. The number of amides is 1. The quantitative estimate of drug-likeness (QED) is 0.646. The van der Waals surface area contributed by atoms with Gasteiger partial charge in [-0.3, -0.25) is 4.79 Å². The van der Waals surface area contributed by atoms with Gasteiger partial charge in [-0.05, 0) is 5.57 Å². The summed E-state index contributed by atoms with van der Waals surface area (Å²) in [5.41, 5.74) is 1.28. The van der Waals surface area contributed by atoms with Crippen molar-refractivity contribution in [3.8, 4) is 0 Å². The first-order valence-corrected chi connectivity index (χ1v) is 6.97. The van der Waals surface area contributed by atoms with Crippen molar-refractivity contribution < 1.29 is 4.79 Å². The van der Waals surface area contributed by atoms with Crippen molar-refractivity contribution in [1.82, 2.24) is 20.3 Å². The predicted octanol–water partition coefficient (Wildman–Crippen LogP) is 1.09. The van der Waals surface area contributed by atoms with E-state index in [2.05, 4.69) is 15.4 Å². The van der Waals surface area contributed by atoms with Crippen LogP contribution < -0.4 is 0 Å². The lowest BCUT2D eigenvalue weighted by Crippen LogP contribution is -2.49. The van der Waals surface area contributed by atoms with Crippen molar-refractivity contribution in [1.29, 1.82) is 0 Å². The van der Waals surface area contributed by atoms with E-state index in [0.717, 1.165) is 16.5 Å². The van der Waals surface area contributed by atoms with Crippen LogP contribution in [0.5, 0.6) is 0 Å². The van der Waals surface area contributed by atoms with E-state index in [1.54, 1.807) is 18.0 Å². The molecular formula is C9H10N4OS2. The van der Waals surface area contributed by atoms with Gasteiger partial charge in [-0.25, -0.2) is 0 Å². The van der Waals surface area contributed by atoms with Crippen molar-refractivity contribution in [3.05, 3.63) is 18.0 Å². The number of carbonyl (C=O) groups is 1. The molecule has 3 heterocycles. The van der Waals surface area contributed by atoms with Crippen LogP contribution in [0.25, 0.3) is 0 Å². The van der Waals surface area contributed by atoms with E-state index in [1.165, 1.54) is 5.57 Å². The van der Waals surface area contributed by atoms with Crippen LogP contribution in [0.15, 0.2) is 23.0 Å². The average Bonchev–Trinajstić information content (AvgIpc) is 2.79. The van der Waals surface area contributed by atoms with Gasteiger partial charge in [0.2, 0.25) is 5.91 Å². The van der Waals surface area contributed by atoms with Crippen LogP contribution in [-0.2, 0) is 4.79 Å². The fraction of sp³-hybridized carbons (Fsp3) is 0.444. The summed E-state index contributed by atoms with van der Waals surface area (Å²) in [5, 5.41) is 11.6. The van der Waals surface area contributed by atoms with Crippen molar-refractivity contribution in [2.24, 2.45) is 0 Å². The molecule has 0 spiro atoms. The lowest BCUT2D eigenvalue weighted by Gasteiger charge is -2.41. The van der Waals surface area contributed by atoms with Gasteiger partial charge in [0, 0.05) is 17.7 Å². The van der Waals surface area contributed by atoms with Crippen molar-refractivity contribution in [3.63, 3.8) is 0 Å². The molecule has 3 rings (SSSR count). The third kappa shape index (κ3) is 1.84. The van der Waals surface area contributed by atoms with E-state index in [-0.39, 0.29) is 5.91 Å². The second kappa shape index (κ2) is 4.14. The van der Waals surface area contributed by atoms with Crippen molar-refractivity contribution in [2.75, 3.05) is 11.5 Å². The maximum Gasteiger partial charge on any atom is 0.230 e. The largest absolute Gasteiger partial charge is 0.306 e. The number of rotatable bonds is 3. The second-order valence-corrected chi connectivity index (χ2v) is 5.82. The van der Waals surface area contributed by atoms with Gasteiger partial charge in [-0.2, -0.15) is 10.3 Å². The summed E-state index contributed by atoms with van der Waals surface area (Å²) < 4.78 is 0. The van der Waals surface area contributed by atoms with Crippen LogP contribution in [0.4, 0.5) is 0 Å². The Kier molecular flexibility index (Phi) is 2.64. The average molecular weight is 254 g/mol. The van der Waals surface area contributed by atoms with Crippen LogP contribution in [-0.4, -0.2) is 43.1 Å². The smallest absolute Gasteiger partial charge is 0.230 e. The number of β-lactam (4-membered cyclic amide) rings is 1.